The quantitative estimate of drug-likeness (QED) is 0.212. The number of nitrogens with one attached hydrogen (secondary N) is 3. The zero-order chi connectivity index (χ0) is 28.7. The minimum atomic E-state index is -3.18. The molecule has 9 nitrogen and oxygen atoms in total. The van der Waals surface area contributed by atoms with Crippen LogP contribution in [0.5, 0.6) is 0 Å². The van der Waals surface area contributed by atoms with Gasteiger partial charge in [-0.05, 0) is 61.7 Å². The number of hydrogen-bond donors (Lipinski definition) is 3. The molecule has 0 aliphatic rings. The second kappa shape index (κ2) is 10.4. The second-order valence-electron chi connectivity index (χ2n) is 10.5. The summed E-state index contributed by atoms with van der Waals surface area (Å²) in [4.78, 5) is 16.7. The Hall–Kier alpha value is -4.64. The van der Waals surface area contributed by atoms with Crippen molar-refractivity contribution in [2.24, 2.45) is 0 Å². The van der Waals surface area contributed by atoms with Crippen molar-refractivity contribution in [1.82, 2.24) is 30.1 Å². The lowest BCUT2D eigenvalue weighted by Crippen LogP contribution is -2.09. The molecule has 0 atom stereocenters. The average Bonchev–Trinajstić information content (AvgIpc) is 3.54. The maximum atomic E-state index is 14.6. The van der Waals surface area contributed by atoms with Crippen LogP contribution in [0.4, 0.5) is 10.1 Å². The Balaban J connectivity index is 1.40. The molecule has 11 heteroatoms. The SMILES string of the molecule is CC(C)Nc1cncc(-c2cnc3n[nH]c(-c4cc5c(-c6cc(F)cc(CCS(C)(=O)=O)c6)cncc5[nH]4)c3c2)c1. The zero-order valence-corrected chi connectivity index (χ0v) is 23.6. The number of fused-ring (bicyclic) bond motifs is 2. The molecule has 0 bridgehead atoms. The molecule has 3 N–H and O–H groups in total. The molecule has 1 aromatic carbocycles. The number of hydrogen-bond acceptors (Lipinski definition) is 7. The fraction of sp³-hybridized carbons (Fsp3) is 0.200. The number of aromatic nitrogens is 6. The van der Waals surface area contributed by atoms with E-state index in [4.69, 9.17) is 0 Å². The third-order valence-electron chi connectivity index (χ3n) is 6.78. The number of H-pyrrole nitrogens is 2. The van der Waals surface area contributed by atoms with Crippen LogP contribution in [0.15, 0.2) is 67.4 Å². The summed E-state index contributed by atoms with van der Waals surface area (Å²) in [5.74, 6) is -0.483. The normalized spacial score (nSPS) is 12.0. The first-order chi connectivity index (χ1) is 19.6. The van der Waals surface area contributed by atoms with E-state index in [1.807, 2.05) is 24.3 Å². The number of rotatable bonds is 8. The van der Waals surface area contributed by atoms with Gasteiger partial charge >= 0.3 is 0 Å². The van der Waals surface area contributed by atoms with Gasteiger partial charge in [-0.25, -0.2) is 17.8 Å². The summed E-state index contributed by atoms with van der Waals surface area (Å²) >= 11 is 0. The summed E-state index contributed by atoms with van der Waals surface area (Å²) in [5, 5.41) is 12.6. The van der Waals surface area contributed by atoms with Crippen LogP contribution in [0.1, 0.15) is 19.4 Å². The van der Waals surface area contributed by atoms with Crippen LogP contribution in [-0.2, 0) is 16.3 Å². The van der Waals surface area contributed by atoms with Crippen LogP contribution in [0, 0.1) is 5.82 Å². The summed E-state index contributed by atoms with van der Waals surface area (Å²) in [7, 11) is -3.18. The number of pyridine rings is 3. The molecule has 6 rings (SSSR count). The molecule has 0 spiro atoms. The molecule has 208 valence electrons. The molecule has 5 heterocycles. The van der Waals surface area contributed by atoms with Crippen LogP contribution < -0.4 is 5.32 Å². The van der Waals surface area contributed by atoms with E-state index in [0.29, 0.717) is 16.8 Å². The van der Waals surface area contributed by atoms with E-state index in [-0.39, 0.29) is 18.2 Å². The van der Waals surface area contributed by atoms with Crippen molar-refractivity contribution in [3.05, 3.63) is 78.8 Å². The highest BCUT2D eigenvalue weighted by Gasteiger charge is 2.16. The van der Waals surface area contributed by atoms with E-state index in [0.717, 1.165) is 50.1 Å². The zero-order valence-electron chi connectivity index (χ0n) is 22.7. The number of benzene rings is 1. The van der Waals surface area contributed by atoms with Gasteiger partial charge in [0.15, 0.2) is 5.65 Å². The highest BCUT2D eigenvalue weighted by Crippen LogP contribution is 2.35. The van der Waals surface area contributed by atoms with Crippen molar-refractivity contribution in [3.63, 3.8) is 0 Å². The molecule has 0 saturated carbocycles. The first-order valence-corrected chi connectivity index (χ1v) is 15.2. The van der Waals surface area contributed by atoms with Crippen molar-refractivity contribution in [2.45, 2.75) is 26.3 Å². The Labute approximate surface area is 236 Å². The van der Waals surface area contributed by atoms with Gasteiger partial charge in [0.25, 0.3) is 0 Å². The second-order valence-corrected chi connectivity index (χ2v) is 12.8. The first kappa shape index (κ1) is 26.6. The smallest absolute Gasteiger partial charge is 0.181 e. The summed E-state index contributed by atoms with van der Waals surface area (Å²) in [6.45, 7) is 4.15. The van der Waals surface area contributed by atoms with Crippen molar-refractivity contribution >= 4 is 37.5 Å². The number of aryl methyl sites for hydroxylation is 1. The Morgan fingerprint density at radius 1 is 0.902 bits per heavy atom. The molecule has 0 aliphatic heterocycles. The lowest BCUT2D eigenvalue weighted by atomic mass is 10.0. The minimum Gasteiger partial charge on any atom is -0.382 e. The average molecular weight is 570 g/mol. The van der Waals surface area contributed by atoms with Crippen LogP contribution >= 0.6 is 0 Å². The maximum Gasteiger partial charge on any atom is 0.181 e. The van der Waals surface area contributed by atoms with Crippen LogP contribution in [0.3, 0.4) is 0 Å². The Bertz CT molecular complexity index is 2010. The van der Waals surface area contributed by atoms with E-state index < -0.39 is 15.7 Å². The maximum absolute atomic E-state index is 14.6. The topological polar surface area (TPSA) is 129 Å². The first-order valence-electron chi connectivity index (χ1n) is 13.1. The van der Waals surface area contributed by atoms with Crippen molar-refractivity contribution in [1.29, 1.82) is 0 Å². The monoisotopic (exact) mass is 569 g/mol. The number of anilines is 1. The van der Waals surface area contributed by atoms with Gasteiger partial charge in [0, 0.05) is 64.5 Å². The molecule has 6 aromatic rings. The lowest BCUT2D eigenvalue weighted by molar-refractivity contribution is 0.600. The number of aromatic amines is 2. The van der Waals surface area contributed by atoms with Gasteiger partial charge in [-0.15, -0.1) is 0 Å². The molecule has 0 aliphatic carbocycles. The molecule has 0 radical (unpaired) electrons. The van der Waals surface area contributed by atoms with E-state index in [1.165, 1.54) is 18.4 Å². The third-order valence-corrected chi connectivity index (χ3v) is 7.73. The molecule has 0 unspecified atom stereocenters. The fourth-order valence-corrected chi connectivity index (χ4v) is 5.55. The Morgan fingerprint density at radius 2 is 1.71 bits per heavy atom. The third kappa shape index (κ3) is 5.66. The number of halogens is 1. The number of nitrogens with zero attached hydrogens (tertiary/aromatic N) is 4. The summed E-state index contributed by atoms with van der Waals surface area (Å²) in [6.07, 6.45) is 10.2. The molecule has 0 fully saturated rings. The molecule has 0 saturated heterocycles. The van der Waals surface area contributed by atoms with Gasteiger partial charge < -0.3 is 10.3 Å². The van der Waals surface area contributed by atoms with E-state index in [1.54, 1.807) is 31.0 Å². The van der Waals surface area contributed by atoms with Gasteiger partial charge in [0.05, 0.1) is 34.5 Å². The molecule has 41 heavy (non-hydrogen) atoms. The predicted molar refractivity (Wildman–Crippen MR) is 160 cm³/mol. The predicted octanol–water partition coefficient (Wildman–Crippen LogP) is 5.78. The summed E-state index contributed by atoms with van der Waals surface area (Å²) in [5.41, 5.74) is 7.60. The molecular formula is C30H28FN7O2S. The van der Waals surface area contributed by atoms with E-state index in [2.05, 4.69) is 49.3 Å². The van der Waals surface area contributed by atoms with Crippen molar-refractivity contribution < 1.29 is 12.8 Å². The van der Waals surface area contributed by atoms with Gasteiger partial charge in [-0.1, -0.05) is 6.07 Å². The van der Waals surface area contributed by atoms with E-state index in [9.17, 15) is 12.8 Å². The standard InChI is InChI=1S/C30H28FN7O2S/c1-17(2)35-23-9-20(12-32-14-23)21-10-25-29(37-38-30(25)34-13-21)27-11-24-26(15-33-16-28(24)36-27)19-6-18(7-22(31)8-19)4-5-41(3,39)40/h6-17,35-36H,4-5H2,1-3H3,(H,34,37,38). The molecule has 0 amide bonds. The summed E-state index contributed by atoms with van der Waals surface area (Å²) in [6, 6.07) is 10.9. The van der Waals surface area contributed by atoms with Gasteiger partial charge in [0.1, 0.15) is 15.7 Å². The Kier molecular flexibility index (Phi) is 6.74. The van der Waals surface area contributed by atoms with Gasteiger partial charge in [0.2, 0.25) is 0 Å². The van der Waals surface area contributed by atoms with Crippen molar-refractivity contribution in [2.75, 3.05) is 17.3 Å². The fourth-order valence-electron chi connectivity index (χ4n) is 4.94. The molecule has 5 aromatic heterocycles. The van der Waals surface area contributed by atoms with Gasteiger partial charge in [-0.2, -0.15) is 5.10 Å². The highest BCUT2D eigenvalue weighted by atomic mass is 32.2. The van der Waals surface area contributed by atoms with E-state index >= 15 is 0 Å². The Morgan fingerprint density at radius 3 is 2.51 bits per heavy atom. The van der Waals surface area contributed by atoms with Crippen molar-refractivity contribution in [3.8, 4) is 33.6 Å². The lowest BCUT2D eigenvalue weighted by Gasteiger charge is -2.10. The minimum absolute atomic E-state index is 0.0514. The van der Waals surface area contributed by atoms with Gasteiger partial charge in [-0.3, -0.25) is 15.1 Å². The molecular weight excluding hydrogens is 541 g/mol. The summed E-state index contributed by atoms with van der Waals surface area (Å²) < 4.78 is 37.9. The van der Waals surface area contributed by atoms with Crippen LogP contribution in [0.25, 0.3) is 55.6 Å². The van der Waals surface area contributed by atoms with Crippen LogP contribution in [0.2, 0.25) is 0 Å². The number of sulfone groups is 1. The highest BCUT2D eigenvalue weighted by molar-refractivity contribution is 7.90. The van der Waals surface area contributed by atoms with Crippen LogP contribution in [-0.4, -0.2) is 56.6 Å². The largest absolute Gasteiger partial charge is 0.382 e.